The molecule has 0 spiro atoms. The molecule has 1 aromatic carbocycles. The van der Waals surface area contributed by atoms with E-state index in [-0.39, 0.29) is 17.0 Å². The fourth-order valence-corrected chi connectivity index (χ4v) is 9.86. The van der Waals surface area contributed by atoms with E-state index in [2.05, 4.69) is 61.5 Å². The highest BCUT2D eigenvalue weighted by Crippen LogP contribution is 2.54. The van der Waals surface area contributed by atoms with Gasteiger partial charge in [0.15, 0.2) is 0 Å². The van der Waals surface area contributed by atoms with E-state index in [1.54, 1.807) is 0 Å². The van der Waals surface area contributed by atoms with Crippen LogP contribution in [0.3, 0.4) is 0 Å². The molecule has 0 aromatic heterocycles. The normalized spacial score (nSPS) is 12.6. The van der Waals surface area contributed by atoms with Crippen LogP contribution in [0, 0.1) is 0 Å². The first-order valence-corrected chi connectivity index (χ1v) is 26.3. The van der Waals surface area contributed by atoms with Crippen LogP contribution in [0.2, 0.25) is 0 Å². The van der Waals surface area contributed by atoms with Crippen molar-refractivity contribution in [3.63, 3.8) is 0 Å². The van der Waals surface area contributed by atoms with Gasteiger partial charge in [0.2, 0.25) is 0 Å². The zero-order valence-electron chi connectivity index (χ0n) is 39.0. The number of benzene rings is 1. The van der Waals surface area contributed by atoms with Crippen molar-refractivity contribution in [2.75, 3.05) is 13.2 Å². The van der Waals surface area contributed by atoms with Gasteiger partial charge < -0.3 is 14.2 Å². The molecular formula is C51H97O4P. The zero-order chi connectivity index (χ0) is 41.4. The molecule has 0 bridgehead atoms. The summed E-state index contributed by atoms with van der Waals surface area (Å²) in [5, 5.41) is 11.0. The van der Waals surface area contributed by atoms with Crippen LogP contribution in [-0.4, -0.2) is 18.3 Å². The average Bonchev–Trinajstić information content (AvgIpc) is 3.14. The van der Waals surface area contributed by atoms with E-state index in [1.807, 2.05) is 6.07 Å². The van der Waals surface area contributed by atoms with Gasteiger partial charge >= 0.3 is 7.60 Å². The Morgan fingerprint density at radius 1 is 0.429 bits per heavy atom. The molecule has 1 rings (SSSR count). The predicted molar refractivity (Wildman–Crippen MR) is 248 cm³/mol. The SMILES string of the molecule is CCCCCCCCCCCCCCCCCCOP(=O)(Cc1cc(C(C)(C)C)c(O)cc1C(C)(C)C)OCCCCCCCCCCCCCCCCCC. The number of hydrogen-bond acceptors (Lipinski definition) is 4. The second-order valence-corrected chi connectivity index (χ2v) is 21.6. The summed E-state index contributed by atoms with van der Waals surface area (Å²) in [6, 6.07) is 3.96. The lowest BCUT2D eigenvalue weighted by Gasteiger charge is -2.29. The summed E-state index contributed by atoms with van der Waals surface area (Å²) in [6.45, 7) is 18.3. The van der Waals surface area contributed by atoms with Crippen LogP contribution in [0.5, 0.6) is 5.75 Å². The molecule has 0 atom stereocenters. The first-order valence-electron chi connectivity index (χ1n) is 24.6. The predicted octanol–water partition coefficient (Wildman–Crippen LogP) is 18.2. The highest BCUT2D eigenvalue weighted by molar-refractivity contribution is 7.53. The molecule has 0 unspecified atom stereocenters. The molecule has 0 aliphatic heterocycles. The molecule has 0 heterocycles. The molecular weight excluding hydrogens is 708 g/mol. The fraction of sp³-hybridized carbons (Fsp3) is 0.882. The quantitative estimate of drug-likeness (QED) is 0.0534. The van der Waals surface area contributed by atoms with Crippen LogP contribution in [0.15, 0.2) is 12.1 Å². The van der Waals surface area contributed by atoms with Crippen LogP contribution < -0.4 is 0 Å². The summed E-state index contributed by atoms with van der Waals surface area (Å²) in [4.78, 5) is 0. The van der Waals surface area contributed by atoms with E-state index in [4.69, 9.17) is 9.05 Å². The van der Waals surface area contributed by atoms with E-state index in [0.29, 0.717) is 19.0 Å². The van der Waals surface area contributed by atoms with Crippen LogP contribution in [0.1, 0.15) is 278 Å². The average molecular weight is 805 g/mol. The molecule has 4 nitrogen and oxygen atoms in total. The third-order valence-electron chi connectivity index (χ3n) is 11.8. The summed E-state index contributed by atoms with van der Waals surface area (Å²) >= 11 is 0. The third kappa shape index (κ3) is 27.8. The van der Waals surface area contributed by atoms with Gasteiger partial charge in [-0.1, -0.05) is 254 Å². The van der Waals surface area contributed by atoms with Gasteiger partial charge in [0.25, 0.3) is 0 Å². The summed E-state index contributed by atoms with van der Waals surface area (Å²) in [7, 11) is -3.39. The Labute approximate surface area is 350 Å². The zero-order valence-corrected chi connectivity index (χ0v) is 39.9. The monoisotopic (exact) mass is 805 g/mol. The van der Waals surface area contributed by atoms with Gasteiger partial charge in [0, 0.05) is 0 Å². The maximum Gasteiger partial charge on any atom is 0.335 e. The molecule has 0 aliphatic carbocycles. The van der Waals surface area contributed by atoms with Crippen molar-refractivity contribution in [1.29, 1.82) is 0 Å². The van der Waals surface area contributed by atoms with Crippen molar-refractivity contribution in [1.82, 2.24) is 0 Å². The van der Waals surface area contributed by atoms with E-state index >= 15 is 0 Å². The minimum atomic E-state index is -3.39. The van der Waals surface area contributed by atoms with Crippen molar-refractivity contribution in [2.45, 2.75) is 278 Å². The Hall–Kier alpha value is -0.830. The van der Waals surface area contributed by atoms with Crippen molar-refractivity contribution < 1.29 is 18.7 Å². The van der Waals surface area contributed by atoms with Gasteiger partial charge in [0.05, 0.1) is 19.4 Å². The topological polar surface area (TPSA) is 55.8 Å². The molecule has 56 heavy (non-hydrogen) atoms. The number of rotatable bonds is 38. The van der Waals surface area contributed by atoms with E-state index < -0.39 is 7.60 Å². The van der Waals surface area contributed by atoms with Gasteiger partial charge in [-0.05, 0) is 46.4 Å². The minimum absolute atomic E-state index is 0.212. The number of phenolic OH excluding ortho intramolecular Hbond substituents is 1. The van der Waals surface area contributed by atoms with Crippen LogP contribution in [0.4, 0.5) is 0 Å². The Morgan fingerprint density at radius 3 is 0.964 bits per heavy atom. The molecule has 0 radical (unpaired) electrons. The molecule has 0 saturated heterocycles. The van der Waals surface area contributed by atoms with Crippen molar-refractivity contribution >= 4 is 7.60 Å². The molecule has 1 N–H and O–H groups in total. The lowest BCUT2D eigenvalue weighted by Crippen LogP contribution is -2.18. The van der Waals surface area contributed by atoms with Gasteiger partial charge in [-0.2, -0.15) is 0 Å². The van der Waals surface area contributed by atoms with Gasteiger partial charge in [0.1, 0.15) is 5.75 Å². The molecule has 1 aromatic rings. The Kier molecular flexibility index (Phi) is 31.3. The molecule has 0 saturated carbocycles. The maximum atomic E-state index is 14.5. The van der Waals surface area contributed by atoms with E-state index in [9.17, 15) is 9.67 Å². The van der Waals surface area contributed by atoms with Gasteiger partial charge in [-0.3, -0.25) is 4.57 Å². The molecule has 5 heteroatoms. The molecule has 330 valence electrons. The van der Waals surface area contributed by atoms with Crippen molar-refractivity contribution in [2.24, 2.45) is 0 Å². The number of unbranched alkanes of at least 4 members (excludes halogenated alkanes) is 30. The first kappa shape index (κ1) is 53.2. The van der Waals surface area contributed by atoms with Gasteiger partial charge in [-0.25, -0.2) is 0 Å². The number of aromatic hydroxyl groups is 1. The lowest BCUT2D eigenvalue weighted by molar-refractivity contribution is 0.196. The smallest absolute Gasteiger partial charge is 0.335 e. The Balaban J connectivity index is 2.51. The maximum absolute atomic E-state index is 14.5. The molecule has 0 aliphatic rings. The lowest BCUT2D eigenvalue weighted by atomic mass is 9.79. The summed E-state index contributed by atoms with van der Waals surface area (Å²) in [6.07, 6.45) is 42.7. The second-order valence-electron chi connectivity index (χ2n) is 19.6. The van der Waals surface area contributed by atoms with Crippen LogP contribution in [-0.2, 0) is 30.6 Å². The summed E-state index contributed by atoms with van der Waals surface area (Å²) in [5.41, 5.74) is 2.42. The molecule has 0 fully saturated rings. The fourth-order valence-electron chi connectivity index (χ4n) is 8.11. The van der Waals surface area contributed by atoms with Crippen LogP contribution in [0.25, 0.3) is 0 Å². The highest BCUT2D eigenvalue weighted by atomic mass is 31.2. The van der Waals surface area contributed by atoms with E-state index in [0.717, 1.165) is 42.4 Å². The Bertz CT molecular complexity index is 1060. The minimum Gasteiger partial charge on any atom is -0.508 e. The van der Waals surface area contributed by atoms with Crippen molar-refractivity contribution in [3.05, 3.63) is 28.8 Å². The third-order valence-corrected chi connectivity index (χ3v) is 13.7. The number of hydrogen-bond donors (Lipinski definition) is 1. The highest BCUT2D eigenvalue weighted by Gasteiger charge is 2.31. The molecule has 0 amide bonds. The first-order chi connectivity index (χ1) is 26.8. The largest absolute Gasteiger partial charge is 0.508 e. The van der Waals surface area contributed by atoms with Gasteiger partial charge in [-0.15, -0.1) is 0 Å². The van der Waals surface area contributed by atoms with Crippen LogP contribution >= 0.6 is 7.60 Å². The summed E-state index contributed by atoms with van der Waals surface area (Å²) in [5.74, 6) is 0.309. The van der Waals surface area contributed by atoms with E-state index in [1.165, 1.54) is 180 Å². The summed E-state index contributed by atoms with van der Waals surface area (Å²) < 4.78 is 27.1. The Morgan fingerprint density at radius 2 is 0.696 bits per heavy atom. The van der Waals surface area contributed by atoms with Crippen molar-refractivity contribution in [3.8, 4) is 5.75 Å². The number of phenols is 1. The standard InChI is InChI=1S/C51H97O4P/c1-9-11-13-15-17-19-21-23-25-27-29-31-33-35-37-39-41-54-56(53,45-46-43-48(51(6,7)8)49(52)44-47(46)50(3,4)5)55-42-40-38-36-34-32-30-28-26-24-22-20-18-16-14-12-10-2/h43-44,52H,9-42,45H2,1-8H3. The second kappa shape index (κ2) is 33.0.